The van der Waals surface area contributed by atoms with Crippen LogP contribution >= 0.6 is 0 Å². The molecule has 0 radical (unpaired) electrons. The molecule has 24 heavy (non-hydrogen) atoms. The molecule has 0 aliphatic carbocycles. The molecule has 126 valence electrons. The molecule has 0 spiro atoms. The van der Waals surface area contributed by atoms with Crippen LogP contribution < -0.4 is 9.47 Å². The molecular weight excluding hydrogens is 316 g/mol. The van der Waals surface area contributed by atoms with Gasteiger partial charge in [0.1, 0.15) is 23.8 Å². The molecule has 3 rings (SSSR count). The molecule has 2 aromatic carbocycles. The van der Waals surface area contributed by atoms with Crippen molar-refractivity contribution in [1.29, 1.82) is 0 Å². The maximum absolute atomic E-state index is 13.8. The zero-order valence-corrected chi connectivity index (χ0v) is 13.2. The molecule has 1 atom stereocenters. The summed E-state index contributed by atoms with van der Waals surface area (Å²) in [7, 11) is 0. The SMILES string of the molecule is CCN(C[C@@H]1COc2ccccc2O1)C(=O)c1c(F)cccc1F. The Bertz CT molecular complexity index is 731. The first-order valence-electron chi connectivity index (χ1n) is 7.72. The number of benzene rings is 2. The van der Waals surface area contributed by atoms with Crippen LogP contribution in [0, 0.1) is 11.6 Å². The van der Waals surface area contributed by atoms with Gasteiger partial charge >= 0.3 is 0 Å². The largest absolute Gasteiger partial charge is 0.486 e. The van der Waals surface area contributed by atoms with Gasteiger partial charge in [-0.25, -0.2) is 8.78 Å². The number of para-hydroxylation sites is 2. The van der Waals surface area contributed by atoms with Gasteiger partial charge in [0.2, 0.25) is 0 Å². The Balaban J connectivity index is 1.75. The first-order valence-corrected chi connectivity index (χ1v) is 7.72. The van der Waals surface area contributed by atoms with Gasteiger partial charge in [0.25, 0.3) is 5.91 Å². The van der Waals surface area contributed by atoms with Gasteiger partial charge < -0.3 is 14.4 Å². The first kappa shape index (κ1) is 16.2. The highest BCUT2D eigenvalue weighted by molar-refractivity contribution is 5.94. The number of carbonyl (C=O) groups is 1. The Hall–Kier alpha value is -2.63. The minimum absolute atomic E-state index is 0.178. The third-order valence-electron chi connectivity index (χ3n) is 3.84. The number of amides is 1. The van der Waals surface area contributed by atoms with E-state index >= 15 is 0 Å². The maximum Gasteiger partial charge on any atom is 0.259 e. The van der Waals surface area contributed by atoms with Crippen LogP contribution in [0.2, 0.25) is 0 Å². The number of hydrogen-bond acceptors (Lipinski definition) is 3. The van der Waals surface area contributed by atoms with Gasteiger partial charge in [0.05, 0.1) is 6.54 Å². The normalized spacial score (nSPS) is 15.9. The van der Waals surface area contributed by atoms with Gasteiger partial charge in [0.15, 0.2) is 17.6 Å². The molecule has 0 N–H and O–H groups in total. The molecule has 0 aromatic heterocycles. The van der Waals surface area contributed by atoms with Crippen LogP contribution in [-0.2, 0) is 0 Å². The second-order valence-electron chi connectivity index (χ2n) is 5.44. The summed E-state index contributed by atoms with van der Waals surface area (Å²) in [4.78, 5) is 13.8. The van der Waals surface area contributed by atoms with E-state index in [4.69, 9.17) is 9.47 Å². The van der Waals surface area contributed by atoms with E-state index in [2.05, 4.69) is 0 Å². The molecular formula is C18H17F2NO3. The lowest BCUT2D eigenvalue weighted by molar-refractivity contribution is 0.0469. The van der Waals surface area contributed by atoms with E-state index in [9.17, 15) is 13.6 Å². The molecule has 6 heteroatoms. The van der Waals surface area contributed by atoms with Crippen molar-refractivity contribution in [3.8, 4) is 11.5 Å². The van der Waals surface area contributed by atoms with E-state index in [-0.39, 0.29) is 13.2 Å². The number of carbonyl (C=O) groups excluding carboxylic acids is 1. The van der Waals surface area contributed by atoms with Crippen molar-refractivity contribution in [1.82, 2.24) is 4.90 Å². The second kappa shape index (κ2) is 6.86. The predicted octanol–water partition coefficient (Wildman–Crippen LogP) is 3.27. The molecule has 0 fully saturated rings. The van der Waals surface area contributed by atoms with Crippen LogP contribution in [0.25, 0.3) is 0 Å². The fraction of sp³-hybridized carbons (Fsp3) is 0.278. The van der Waals surface area contributed by atoms with Gasteiger partial charge in [-0.05, 0) is 31.2 Å². The number of nitrogens with zero attached hydrogens (tertiary/aromatic N) is 1. The molecule has 0 unspecified atom stereocenters. The number of halogens is 2. The molecule has 1 aliphatic rings. The van der Waals surface area contributed by atoms with Crippen LogP contribution in [0.5, 0.6) is 11.5 Å². The lowest BCUT2D eigenvalue weighted by atomic mass is 10.1. The van der Waals surface area contributed by atoms with Crippen molar-refractivity contribution in [2.45, 2.75) is 13.0 Å². The van der Waals surface area contributed by atoms with Crippen molar-refractivity contribution in [2.24, 2.45) is 0 Å². The van der Waals surface area contributed by atoms with Crippen LogP contribution in [0.15, 0.2) is 42.5 Å². The molecule has 0 bridgehead atoms. The zero-order valence-electron chi connectivity index (χ0n) is 13.2. The summed E-state index contributed by atoms with van der Waals surface area (Å²) in [5.41, 5.74) is -0.545. The van der Waals surface area contributed by atoms with Crippen LogP contribution in [0.3, 0.4) is 0 Å². The van der Waals surface area contributed by atoms with Crippen molar-refractivity contribution in [2.75, 3.05) is 19.7 Å². The molecule has 2 aromatic rings. The van der Waals surface area contributed by atoms with Crippen molar-refractivity contribution in [3.05, 3.63) is 59.7 Å². The number of likely N-dealkylation sites (N-methyl/N-ethyl adjacent to an activating group) is 1. The number of hydrogen-bond donors (Lipinski definition) is 0. The van der Waals surface area contributed by atoms with E-state index in [0.717, 1.165) is 12.1 Å². The van der Waals surface area contributed by atoms with Crippen molar-refractivity contribution in [3.63, 3.8) is 0 Å². The summed E-state index contributed by atoms with van der Waals surface area (Å²) in [5.74, 6) is -1.21. The summed E-state index contributed by atoms with van der Waals surface area (Å²) in [6.45, 7) is 2.49. The average Bonchev–Trinajstić information content (AvgIpc) is 2.59. The lowest BCUT2D eigenvalue weighted by Gasteiger charge is -2.31. The number of ether oxygens (including phenoxy) is 2. The monoisotopic (exact) mass is 333 g/mol. The fourth-order valence-electron chi connectivity index (χ4n) is 2.61. The predicted molar refractivity (Wildman–Crippen MR) is 84.3 cm³/mol. The van der Waals surface area contributed by atoms with Gasteiger partial charge in [-0.3, -0.25) is 4.79 Å². The number of fused-ring (bicyclic) bond motifs is 1. The highest BCUT2D eigenvalue weighted by Crippen LogP contribution is 2.31. The molecule has 1 amide bonds. The third kappa shape index (κ3) is 3.18. The van der Waals surface area contributed by atoms with Crippen LogP contribution in [0.1, 0.15) is 17.3 Å². The van der Waals surface area contributed by atoms with Gasteiger partial charge in [-0.1, -0.05) is 18.2 Å². The summed E-state index contributed by atoms with van der Waals surface area (Å²) < 4.78 is 39.1. The topological polar surface area (TPSA) is 38.8 Å². The van der Waals surface area contributed by atoms with Gasteiger partial charge in [-0.15, -0.1) is 0 Å². The molecule has 0 saturated carbocycles. The second-order valence-corrected chi connectivity index (χ2v) is 5.44. The van der Waals surface area contributed by atoms with Crippen molar-refractivity contribution >= 4 is 5.91 Å². The Morgan fingerprint density at radius 3 is 2.46 bits per heavy atom. The van der Waals surface area contributed by atoms with Crippen molar-refractivity contribution < 1.29 is 23.0 Å². The summed E-state index contributed by atoms with van der Waals surface area (Å²) in [6.07, 6.45) is -0.404. The molecule has 0 saturated heterocycles. The lowest BCUT2D eigenvalue weighted by Crippen LogP contribution is -2.44. The van der Waals surface area contributed by atoms with E-state index in [1.807, 2.05) is 12.1 Å². The van der Waals surface area contributed by atoms with Gasteiger partial charge in [0, 0.05) is 6.54 Å². The zero-order chi connectivity index (χ0) is 17.1. The number of rotatable bonds is 4. The Morgan fingerprint density at radius 2 is 1.79 bits per heavy atom. The smallest absolute Gasteiger partial charge is 0.259 e. The minimum atomic E-state index is -0.871. The highest BCUT2D eigenvalue weighted by Gasteiger charge is 2.27. The third-order valence-corrected chi connectivity index (χ3v) is 3.84. The Morgan fingerprint density at radius 1 is 1.12 bits per heavy atom. The van der Waals surface area contributed by atoms with E-state index < -0.39 is 29.2 Å². The maximum atomic E-state index is 13.8. The summed E-state index contributed by atoms with van der Waals surface area (Å²) in [6, 6.07) is 10.6. The molecule has 1 heterocycles. The first-order chi connectivity index (χ1) is 11.6. The Kier molecular flexibility index (Phi) is 4.64. The molecule has 1 aliphatic heterocycles. The van der Waals surface area contributed by atoms with Crippen LogP contribution in [-0.4, -0.2) is 36.6 Å². The van der Waals surface area contributed by atoms with E-state index in [1.165, 1.54) is 11.0 Å². The molecule has 4 nitrogen and oxygen atoms in total. The minimum Gasteiger partial charge on any atom is -0.486 e. The highest BCUT2D eigenvalue weighted by atomic mass is 19.1. The summed E-state index contributed by atoms with van der Waals surface area (Å²) in [5, 5.41) is 0. The van der Waals surface area contributed by atoms with E-state index in [0.29, 0.717) is 18.0 Å². The standard InChI is InChI=1S/C18H17F2NO3/c1-2-21(18(22)17-13(19)6-5-7-14(17)20)10-12-11-23-15-8-3-4-9-16(15)24-12/h3-9,12H,2,10-11H2,1H3/t12-/m1/s1. The van der Waals surface area contributed by atoms with Gasteiger partial charge in [-0.2, -0.15) is 0 Å². The quantitative estimate of drug-likeness (QED) is 0.862. The Labute approximate surface area is 138 Å². The average molecular weight is 333 g/mol. The van der Waals surface area contributed by atoms with Crippen LogP contribution in [0.4, 0.5) is 8.78 Å². The summed E-state index contributed by atoms with van der Waals surface area (Å²) >= 11 is 0. The fourth-order valence-corrected chi connectivity index (χ4v) is 2.61. The van der Waals surface area contributed by atoms with E-state index in [1.54, 1.807) is 19.1 Å².